The van der Waals surface area contributed by atoms with E-state index in [2.05, 4.69) is 31.0 Å². The van der Waals surface area contributed by atoms with Gasteiger partial charge in [-0.25, -0.2) is 0 Å². The second-order valence-electron chi connectivity index (χ2n) is 7.67. The topological polar surface area (TPSA) is 110 Å². The van der Waals surface area contributed by atoms with Crippen molar-refractivity contribution in [3.63, 3.8) is 0 Å². The Morgan fingerprint density at radius 2 is 1.14 bits per heavy atom. The molecule has 0 aromatic rings. The minimum atomic E-state index is -4.10. The molecular formula is C21H47N2O5P. The molecule has 0 heterocycles. The van der Waals surface area contributed by atoms with E-state index in [0.717, 1.165) is 0 Å². The molecule has 0 fully saturated rings. The van der Waals surface area contributed by atoms with Gasteiger partial charge in [0.15, 0.2) is 0 Å². The van der Waals surface area contributed by atoms with Crippen LogP contribution in [-0.2, 0) is 9.36 Å². The zero-order valence-electron chi connectivity index (χ0n) is 19.1. The van der Waals surface area contributed by atoms with Gasteiger partial charge in [0, 0.05) is 0 Å². The van der Waals surface area contributed by atoms with Crippen LogP contribution in [-0.4, -0.2) is 58.2 Å². The van der Waals surface area contributed by atoms with Gasteiger partial charge < -0.3 is 19.8 Å². The summed E-state index contributed by atoms with van der Waals surface area (Å²) in [4.78, 5) is 28.9. The zero-order valence-corrected chi connectivity index (χ0v) is 20.0. The van der Waals surface area contributed by atoms with Gasteiger partial charge in [-0.05, 0) is 38.9 Å². The first-order chi connectivity index (χ1) is 13.8. The van der Waals surface area contributed by atoms with Crippen molar-refractivity contribution >= 4 is 13.6 Å². The van der Waals surface area contributed by atoms with Crippen LogP contribution in [0.2, 0.25) is 0 Å². The fourth-order valence-corrected chi connectivity index (χ4v) is 3.33. The summed E-state index contributed by atoms with van der Waals surface area (Å²) in [5.41, 5.74) is 0. The molecule has 0 amide bonds. The van der Waals surface area contributed by atoms with Crippen molar-refractivity contribution in [1.82, 2.24) is 10.2 Å². The zero-order chi connectivity index (χ0) is 22.4. The van der Waals surface area contributed by atoms with Crippen LogP contribution in [0.15, 0.2) is 0 Å². The average Bonchev–Trinajstić information content (AvgIpc) is 2.64. The highest BCUT2D eigenvalue weighted by Crippen LogP contribution is 2.31. The number of aliphatic carboxylic acids is 1. The summed E-state index contributed by atoms with van der Waals surface area (Å²) in [6.45, 7) is 10.5. The third-order valence-corrected chi connectivity index (χ3v) is 5.21. The Kier molecular flexibility index (Phi) is 23.6. The molecule has 0 rings (SSSR count). The van der Waals surface area contributed by atoms with Gasteiger partial charge in [0.1, 0.15) is 0 Å². The highest BCUT2D eigenvalue weighted by atomic mass is 31.2. The first-order valence-electron chi connectivity index (χ1n) is 11.5. The van der Waals surface area contributed by atoms with Crippen molar-refractivity contribution in [2.24, 2.45) is 0 Å². The van der Waals surface area contributed by atoms with E-state index in [1.165, 1.54) is 96.7 Å². The number of rotatable bonds is 19. The number of carboxylic acids is 1. The van der Waals surface area contributed by atoms with Crippen LogP contribution in [0, 0.1) is 0 Å². The van der Waals surface area contributed by atoms with Crippen molar-refractivity contribution in [1.29, 1.82) is 0 Å². The van der Waals surface area contributed by atoms with Crippen molar-refractivity contribution in [3.8, 4) is 0 Å². The number of hydrogen-bond donors (Lipinski definition) is 4. The minimum Gasteiger partial charge on any atom is -0.480 e. The molecule has 0 aliphatic rings. The van der Waals surface area contributed by atoms with E-state index in [1.807, 2.05) is 0 Å². The molecule has 29 heavy (non-hydrogen) atoms. The monoisotopic (exact) mass is 438 g/mol. The fraction of sp³-hybridized carbons (Fsp3) is 0.952. The number of carboxylic acid groups (broad SMARTS) is 1. The van der Waals surface area contributed by atoms with E-state index in [4.69, 9.17) is 14.9 Å². The lowest BCUT2D eigenvalue weighted by molar-refractivity contribution is -0.135. The standard InChI is InChI=1S/C18H39N.C3H8NO5P/c1-4-7-10-13-16-19(17-14-11-8-5-2)18-15-12-9-6-3;5-3(6)1-4-2-10(7,8)9/h4-18H2,1-3H3;4H,1-2H2,(H,5,6)(H2,7,8,9). The van der Waals surface area contributed by atoms with E-state index < -0.39 is 26.4 Å². The van der Waals surface area contributed by atoms with Gasteiger partial charge in [0.25, 0.3) is 0 Å². The smallest absolute Gasteiger partial charge is 0.339 e. The Hall–Kier alpha value is -0.460. The van der Waals surface area contributed by atoms with E-state index in [1.54, 1.807) is 0 Å². The van der Waals surface area contributed by atoms with Gasteiger partial charge in [-0.1, -0.05) is 78.6 Å². The Labute approximate surface area is 178 Å². The molecule has 0 radical (unpaired) electrons. The van der Waals surface area contributed by atoms with Gasteiger partial charge in [-0.2, -0.15) is 0 Å². The first-order valence-corrected chi connectivity index (χ1v) is 13.3. The summed E-state index contributed by atoms with van der Waals surface area (Å²) in [7, 11) is -4.10. The Bertz CT molecular complexity index is 376. The predicted octanol–water partition coefficient (Wildman–Crippen LogP) is 4.83. The molecule has 0 bridgehead atoms. The first kappa shape index (κ1) is 30.7. The number of carbonyl (C=O) groups is 1. The lowest BCUT2D eigenvalue weighted by Gasteiger charge is -2.22. The fourth-order valence-electron chi connectivity index (χ4n) is 2.93. The Balaban J connectivity index is 0. The molecule has 0 saturated heterocycles. The number of nitrogens with zero attached hydrogens (tertiary/aromatic N) is 1. The van der Waals surface area contributed by atoms with E-state index in [-0.39, 0.29) is 0 Å². The molecule has 8 heteroatoms. The van der Waals surface area contributed by atoms with Crippen molar-refractivity contribution in [2.45, 2.75) is 97.8 Å². The van der Waals surface area contributed by atoms with Crippen LogP contribution >= 0.6 is 7.60 Å². The summed E-state index contributed by atoms with van der Waals surface area (Å²) in [5.74, 6) is -1.14. The highest BCUT2D eigenvalue weighted by molar-refractivity contribution is 7.51. The summed E-state index contributed by atoms with van der Waals surface area (Å²) in [5, 5.41) is 10.1. The van der Waals surface area contributed by atoms with Crippen LogP contribution in [0.5, 0.6) is 0 Å². The SMILES string of the molecule is CCCCCCN(CCCCCC)CCCCCC.O=C(O)CNCP(=O)(O)O. The molecule has 0 spiro atoms. The molecular weight excluding hydrogens is 391 g/mol. The lowest BCUT2D eigenvalue weighted by Crippen LogP contribution is -2.27. The molecule has 0 aliphatic carbocycles. The maximum absolute atomic E-state index is 10.1. The van der Waals surface area contributed by atoms with E-state index in [0.29, 0.717) is 0 Å². The summed E-state index contributed by atoms with van der Waals surface area (Å²) in [6.07, 6.45) is 16.2. The average molecular weight is 439 g/mol. The number of unbranched alkanes of at least 4 members (excludes halogenated alkanes) is 9. The Morgan fingerprint density at radius 3 is 1.41 bits per heavy atom. The predicted molar refractivity (Wildman–Crippen MR) is 121 cm³/mol. The van der Waals surface area contributed by atoms with Gasteiger partial charge >= 0.3 is 13.6 Å². The molecule has 0 unspecified atom stereocenters. The molecule has 0 aromatic heterocycles. The normalized spacial score (nSPS) is 11.4. The van der Waals surface area contributed by atoms with Crippen LogP contribution < -0.4 is 5.32 Å². The van der Waals surface area contributed by atoms with Crippen LogP contribution in [0.1, 0.15) is 97.8 Å². The third kappa shape index (κ3) is 29.8. The molecule has 176 valence electrons. The molecule has 0 aliphatic heterocycles. The minimum absolute atomic E-state index is 0.439. The summed E-state index contributed by atoms with van der Waals surface area (Å²) < 4.78 is 10.1. The van der Waals surface area contributed by atoms with Crippen molar-refractivity contribution in [2.75, 3.05) is 32.5 Å². The van der Waals surface area contributed by atoms with Crippen molar-refractivity contribution in [3.05, 3.63) is 0 Å². The van der Waals surface area contributed by atoms with E-state index >= 15 is 0 Å². The quantitative estimate of drug-likeness (QED) is 0.169. The molecule has 0 aromatic carbocycles. The Morgan fingerprint density at radius 1 is 0.759 bits per heavy atom. The van der Waals surface area contributed by atoms with Gasteiger partial charge in [-0.3, -0.25) is 14.7 Å². The van der Waals surface area contributed by atoms with Crippen LogP contribution in [0.4, 0.5) is 0 Å². The van der Waals surface area contributed by atoms with E-state index in [9.17, 15) is 9.36 Å². The van der Waals surface area contributed by atoms with Gasteiger partial charge in [-0.15, -0.1) is 0 Å². The second-order valence-corrected chi connectivity index (χ2v) is 9.31. The lowest BCUT2D eigenvalue weighted by atomic mass is 10.1. The van der Waals surface area contributed by atoms with Crippen LogP contribution in [0.3, 0.4) is 0 Å². The number of hydrogen-bond acceptors (Lipinski definition) is 4. The highest BCUT2D eigenvalue weighted by Gasteiger charge is 2.11. The summed E-state index contributed by atoms with van der Waals surface area (Å²) >= 11 is 0. The van der Waals surface area contributed by atoms with Gasteiger partial charge in [0.2, 0.25) is 0 Å². The number of nitrogens with one attached hydrogen (secondary N) is 1. The molecule has 0 atom stereocenters. The maximum atomic E-state index is 10.1. The third-order valence-electron chi connectivity index (χ3n) is 4.58. The van der Waals surface area contributed by atoms with Gasteiger partial charge in [0.05, 0.1) is 12.8 Å². The maximum Gasteiger partial charge on any atom is 0.339 e. The molecule has 7 nitrogen and oxygen atoms in total. The van der Waals surface area contributed by atoms with Crippen molar-refractivity contribution < 1.29 is 24.3 Å². The van der Waals surface area contributed by atoms with Crippen LogP contribution in [0.25, 0.3) is 0 Å². The molecule has 0 saturated carbocycles. The summed E-state index contributed by atoms with van der Waals surface area (Å²) in [6, 6.07) is 0. The largest absolute Gasteiger partial charge is 0.480 e. The second kappa shape index (κ2) is 22.2. The molecule has 4 N–H and O–H groups in total.